The van der Waals surface area contributed by atoms with Crippen molar-refractivity contribution in [1.82, 2.24) is 4.90 Å². The third-order valence-electron chi connectivity index (χ3n) is 5.24. The molecule has 114 valence electrons. The third kappa shape index (κ3) is 2.46. The van der Waals surface area contributed by atoms with Crippen LogP contribution in [0, 0.1) is 11.8 Å². The average molecular weight is 332 g/mol. The van der Waals surface area contributed by atoms with Crippen LogP contribution in [0.3, 0.4) is 0 Å². The zero-order valence-electron chi connectivity index (χ0n) is 12.6. The van der Waals surface area contributed by atoms with E-state index in [1.54, 1.807) is 0 Å². The highest BCUT2D eigenvalue weighted by Gasteiger charge is 2.42. The molecular formula is C19H19Cl2N. The summed E-state index contributed by atoms with van der Waals surface area (Å²) in [5.41, 5.74) is 4.17. The number of nitrogens with zero attached hydrogens (tertiary/aromatic N) is 1. The molecule has 22 heavy (non-hydrogen) atoms. The minimum Gasteiger partial charge on any atom is -0.306 e. The lowest BCUT2D eigenvalue weighted by molar-refractivity contribution is 0.351. The first-order chi connectivity index (χ1) is 10.6. The molecule has 0 radical (unpaired) electrons. The Balaban J connectivity index is 1.87. The van der Waals surface area contributed by atoms with Gasteiger partial charge in [-0.15, -0.1) is 0 Å². The predicted molar refractivity (Wildman–Crippen MR) is 92.9 cm³/mol. The lowest BCUT2D eigenvalue weighted by Gasteiger charge is -2.36. The maximum Gasteiger partial charge on any atom is 0.0409 e. The summed E-state index contributed by atoms with van der Waals surface area (Å²) in [7, 11) is 2.23. The van der Waals surface area contributed by atoms with Gasteiger partial charge < -0.3 is 4.90 Å². The van der Waals surface area contributed by atoms with E-state index < -0.39 is 0 Å². The normalized spacial score (nSPS) is 27.5. The minimum absolute atomic E-state index is 0.399. The molecule has 0 spiro atoms. The summed E-state index contributed by atoms with van der Waals surface area (Å²) in [4.78, 5) is 2.46. The van der Waals surface area contributed by atoms with Gasteiger partial charge in [-0.25, -0.2) is 0 Å². The lowest BCUT2D eigenvalue weighted by Crippen LogP contribution is -2.29. The summed E-state index contributed by atoms with van der Waals surface area (Å²) in [5.74, 6) is 1.77. The molecule has 1 aliphatic carbocycles. The number of halogens is 2. The first-order valence-electron chi connectivity index (χ1n) is 7.84. The Morgan fingerprint density at radius 1 is 1.00 bits per heavy atom. The van der Waals surface area contributed by atoms with Crippen molar-refractivity contribution in [1.29, 1.82) is 0 Å². The molecule has 1 aliphatic heterocycles. The Bertz CT molecular complexity index is 712. The molecule has 1 saturated heterocycles. The van der Waals surface area contributed by atoms with Crippen molar-refractivity contribution in [3.8, 4) is 0 Å². The van der Waals surface area contributed by atoms with Crippen LogP contribution >= 0.6 is 23.2 Å². The van der Waals surface area contributed by atoms with Gasteiger partial charge in [0.1, 0.15) is 0 Å². The third-order valence-corrected chi connectivity index (χ3v) is 5.71. The Kier molecular flexibility index (Phi) is 3.68. The molecule has 2 aromatic carbocycles. The van der Waals surface area contributed by atoms with Crippen molar-refractivity contribution in [3.63, 3.8) is 0 Å². The lowest BCUT2D eigenvalue weighted by atomic mass is 9.68. The Morgan fingerprint density at radius 3 is 2.64 bits per heavy atom. The molecule has 1 heterocycles. The van der Waals surface area contributed by atoms with Crippen LogP contribution in [0.15, 0.2) is 42.5 Å². The molecule has 3 atom stereocenters. The largest absolute Gasteiger partial charge is 0.306 e. The Labute approximate surface area is 141 Å². The second-order valence-electron chi connectivity index (χ2n) is 6.73. The highest BCUT2D eigenvalue weighted by atomic mass is 35.5. The van der Waals surface area contributed by atoms with E-state index in [1.807, 2.05) is 12.1 Å². The molecule has 2 aliphatic rings. The van der Waals surface area contributed by atoms with Gasteiger partial charge in [0.15, 0.2) is 0 Å². The van der Waals surface area contributed by atoms with E-state index in [9.17, 15) is 0 Å². The molecule has 4 rings (SSSR count). The SMILES string of the molecule is CN1CC2Cc3ccc(Cl)cc3C(c3cccc(Cl)c3)C2C1. The first-order valence-corrected chi connectivity index (χ1v) is 8.60. The van der Waals surface area contributed by atoms with Crippen LogP contribution in [0.2, 0.25) is 10.0 Å². The van der Waals surface area contributed by atoms with E-state index in [1.165, 1.54) is 29.7 Å². The van der Waals surface area contributed by atoms with Crippen LogP contribution in [0.4, 0.5) is 0 Å². The van der Waals surface area contributed by atoms with E-state index in [0.29, 0.717) is 11.8 Å². The monoisotopic (exact) mass is 331 g/mol. The molecule has 0 saturated carbocycles. The average Bonchev–Trinajstić information content (AvgIpc) is 2.84. The van der Waals surface area contributed by atoms with Gasteiger partial charge in [-0.05, 0) is 66.3 Å². The predicted octanol–water partition coefficient (Wildman–Crippen LogP) is 4.86. The molecule has 1 nitrogen and oxygen atoms in total. The molecule has 0 N–H and O–H groups in total. The second kappa shape index (κ2) is 5.56. The minimum atomic E-state index is 0.399. The summed E-state index contributed by atoms with van der Waals surface area (Å²) >= 11 is 12.6. The fourth-order valence-corrected chi connectivity index (χ4v) is 4.77. The van der Waals surface area contributed by atoms with Crippen LogP contribution in [-0.2, 0) is 6.42 Å². The van der Waals surface area contributed by atoms with Gasteiger partial charge in [-0.3, -0.25) is 0 Å². The van der Waals surface area contributed by atoms with Gasteiger partial charge in [0.05, 0.1) is 0 Å². The number of benzene rings is 2. The molecule has 2 aromatic rings. The van der Waals surface area contributed by atoms with Crippen LogP contribution in [0.5, 0.6) is 0 Å². The van der Waals surface area contributed by atoms with Crippen molar-refractivity contribution >= 4 is 23.2 Å². The van der Waals surface area contributed by atoms with Gasteiger partial charge in [0.2, 0.25) is 0 Å². The van der Waals surface area contributed by atoms with Crippen molar-refractivity contribution in [2.75, 3.05) is 20.1 Å². The van der Waals surface area contributed by atoms with Crippen LogP contribution < -0.4 is 0 Å². The second-order valence-corrected chi connectivity index (χ2v) is 7.60. The highest BCUT2D eigenvalue weighted by Crippen LogP contribution is 2.47. The standard InChI is InChI=1S/C19H19Cl2N/c1-22-10-14-7-12-5-6-16(21)9-17(12)19(18(14)11-22)13-3-2-4-15(20)8-13/h2-6,8-9,14,18-19H,7,10-11H2,1H3. The zero-order chi connectivity index (χ0) is 15.3. The summed E-state index contributed by atoms with van der Waals surface area (Å²) in [6.07, 6.45) is 1.17. The molecule has 3 unspecified atom stereocenters. The van der Waals surface area contributed by atoms with Crippen LogP contribution in [0.25, 0.3) is 0 Å². The molecule has 0 aromatic heterocycles. The van der Waals surface area contributed by atoms with Crippen LogP contribution in [0.1, 0.15) is 22.6 Å². The van der Waals surface area contributed by atoms with Gasteiger partial charge in [-0.2, -0.15) is 0 Å². The van der Waals surface area contributed by atoms with E-state index in [4.69, 9.17) is 23.2 Å². The topological polar surface area (TPSA) is 3.24 Å². The summed E-state index contributed by atoms with van der Waals surface area (Å²) in [6.45, 7) is 2.33. The molecular weight excluding hydrogens is 313 g/mol. The number of hydrogen-bond acceptors (Lipinski definition) is 1. The van der Waals surface area contributed by atoms with E-state index >= 15 is 0 Å². The summed E-state index contributed by atoms with van der Waals surface area (Å²) in [6, 6.07) is 14.7. The van der Waals surface area contributed by atoms with Gasteiger partial charge >= 0.3 is 0 Å². The molecule has 1 fully saturated rings. The molecule has 3 heteroatoms. The Hall–Kier alpha value is -1.02. The van der Waals surface area contributed by atoms with Crippen molar-refractivity contribution < 1.29 is 0 Å². The van der Waals surface area contributed by atoms with Gasteiger partial charge in [0.25, 0.3) is 0 Å². The van der Waals surface area contributed by atoms with E-state index in [2.05, 4.69) is 42.3 Å². The van der Waals surface area contributed by atoms with Crippen molar-refractivity contribution in [3.05, 3.63) is 69.2 Å². The number of rotatable bonds is 1. The molecule has 0 bridgehead atoms. The number of hydrogen-bond donors (Lipinski definition) is 0. The first kappa shape index (κ1) is 14.6. The van der Waals surface area contributed by atoms with Gasteiger partial charge in [-0.1, -0.05) is 41.4 Å². The highest BCUT2D eigenvalue weighted by molar-refractivity contribution is 6.31. The fraction of sp³-hybridized carbons (Fsp3) is 0.368. The van der Waals surface area contributed by atoms with E-state index in [-0.39, 0.29) is 0 Å². The number of fused-ring (bicyclic) bond motifs is 2. The van der Waals surface area contributed by atoms with Crippen molar-refractivity contribution in [2.45, 2.75) is 12.3 Å². The quantitative estimate of drug-likeness (QED) is 0.721. The maximum absolute atomic E-state index is 6.30. The zero-order valence-corrected chi connectivity index (χ0v) is 14.1. The van der Waals surface area contributed by atoms with E-state index in [0.717, 1.165) is 22.5 Å². The number of likely N-dealkylation sites (tertiary alicyclic amines) is 1. The molecule has 0 amide bonds. The smallest absolute Gasteiger partial charge is 0.0409 e. The van der Waals surface area contributed by atoms with Gasteiger partial charge in [0, 0.05) is 29.1 Å². The fourth-order valence-electron chi connectivity index (χ4n) is 4.39. The summed E-state index contributed by atoms with van der Waals surface area (Å²) in [5, 5.41) is 1.64. The Morgan fingerprint density at radius 2 is 1.82 bits per heavy atom. The maximum atomic E-state index is 6.30. The summed E-state index contributed by atoms with van der Waals surface area (Å²) < 4.78 is 0. The van der Waals surface area contributed by atoms with Crippen molar-refractivity contribution in [2.24, 2.45) is 11.8 Å². The van der Waals surface area contributed by atoms with Crippen LogP contribution in [-0.4, -0.2) is 25.0 Å².